The molecule has 5 nitrogen and oxygen atoms in total. The molecule has 5 heteroatoms. The average Bonchev–Trinajstić information content (AvgIpc) is 2.63. The van der Waals surface area contributed by atoms with Gasteiger partial charge < -0.3 is 5.32 Å². The first kappa shape index (κ1) is 12.5. The van der Waals surface area contributed by atoms with E-state index in [1.54, 1.807) is 19.4 Å². The van der Waals surface area contributed by atoms with Crippen LogP contribution in [-0.4, -0.2) is 28.8 Å². The largest absolute Gasteiger partial charge is 0.338 e. The van der Waals surface area contributed by atoms with Gasteiger partial charge in [0, 0.05) is 25.0 Å². The summed E-state index contributed by atoms with van der Waals surface area (Å²) in [6.45, 7) is 2.09. The van der Waals surface area contributed by atoms with Gasteiger partial charge in [0.25, 0.3) is 5.91 Å². The van der Waals surface area contributed by atoms with Crippen molar-refractivity contribution in [2.24, 2.45) is 0 Å². The van der Waals surface area contributed by atoms with Crippen LogP contribution in [0.1, 0.15) is 31.7 Å². The second-order valence-corrected chi connectivity index (χ2v) is 4.59. The van der Waals surface area contributed by atoms with Gasteiger partial charge in [-0.2, -0.15) is 0 Å². The van der Waals surface area contributed by atoms with E-state index in [1.807, 2.05) is 12.1 Å². The number of carbonyl (C=O) groups is 1. The summed E-state index contributed by atoms with van der Waals surface area (Å²) in [6.07, 6.45) is 6.00. The van der Waals surface area contributed by atoms with Gasteiger partial charge in [-0.25, -0.2) is 0 Å². The molecule has 1 amide bonds. The van der Waals surface area contributed by atoms with E-state index in [9.17, 15) is 4.79 Å². The zero-order valence-corrected chi connectivity index (χ0v) is 10.7. The van der Waals surface area contributed by atoms with Crippen LogP contribution in [0.5, 0.6) is 0 Å². The SMILES string of the molecule is CCCCC1(c2cccnc2)NC(=N)N(C)C1=O. The van der Waals surface area contributed by atoms with Crippen molar-refractivity contribution in [3.8, 4) is 0 Å². The van der Waals surface area contributed by atoms with E-state index in [2.05, 4.69) is 17.2 Å². The van der Waals surface area contributed by atoms with Gasteiger partial charge in [-0.1, -0.05) is 25.8 Å². The van der Waals surface area contributed by atoms with Crippen molar-refractivity contribution in [3.63, 3.8) is 0 Å². The maximum atomic E-state index is 12.4. The molecule has 1 fully saturated rings. The van der Waals surface area contributed by atoms with Gasteiger partial charge in [-0.3, -0.25) is 20.1 Å². The van der Waals surface area contributed by atoms with Crippen molar-refractivity contribution in [1.82, 2.24) is 15.2 Å². The van der Waals surface area contributed by atoms with E-state index in [-0.39, 0.29) is 11.9 Å². The summed E-state index contributed by atoms with van der Waals surface area (Å²) in [6, 6.07) is 3.71. The summed E-state index contributed by atoms with van der Waals surface area (Å²) >= 11 is 0. The summed E-state index contributed by atoms with van der Waals surface area (Å²) in [7, 11) is 1.63. The molecule has 1 aliphatic rings. The summed E-state index contributed by atoms with van der Waals surface area (Å²) in [5.74, 6) is 0.0777. The number of nitrogens with zero attached hydrogens (tertiary/aromatic N) is 2. The van der Waals surface area contributed by atoms with Crippen molar-refractivity contribution < 1.29 is 4.79 Å². The van der Waals surface area contributed by atoms with E-state index in [4.69, 9.17) is 5.41 Å². The number of likely N-dealkylation sites (N-methyl/N-ethyl adjacent to an activating group) is 1. The first-order chi connectivity index (χ1) is 8.62. The molecule has 1 atom stereocenters. The number of amides is 1. The number of unbranched alkanes of at least 4 members (excludes halogenated alkanes) is 1. The molecule has 1 saturated heterocycles. The Morgan fingerprint density at radius 1 is 1.56 bits per heavy atom. The lowest BCUT2D eigenvalue weighted by molar-refractivity contribution is -0.130. The van der Waals surface area contributed by atoms with Gasteiger partial charge >= 0.3 is 0 Å². The molecule has 18 heavy (non-hydrogen) atoms. The maximum absolute atomic E-state index is 12.4. The molecule has 1 unspecified atom stereocenters. The zero-order valence-electron chi connectivity index (χ0n) is 10.7. The molecule has 2 heterocycles. The van der Waals surface area contributed by atoms with Crippen LogP contribution in [0.25, 0.3) is 0 Å². The maximum Gasteiger partial charge on any atom is 0.259 e. The Bertz CT molecular complexity index is 459. The predicted molar refractivity (Wildman–Crippen MR) is 69.1 cm³/mol. The van der Waals surface area contributed by atoms with Gasteiger partial charge in [-0.05, 0) is 12.5 Å². The third kappa shape index (κ3) is 1.85. The molecule has 0 saturated carbocycles. The van der Waals surface area contributed by atoms with E-state index in [0.29, 0.717) is 6.42 Å². The van der Waals surface area contributed by atoms with Gasteiger partial charge in [0.05, 0.1) is 0 Å². The molecule has 0 spiro atoms. The van der Waals surface area contributed by atoms with E-state index in [0.717, 1.165) is 18.4 Å². The van der Waals surface area contributed by atoms with Crippen LogP contribution in [0.3, 0.4) is 0 Å². The minimum absolute atomic E-state index is 0.0750. The van der Waals surface area contributed by atoms with E-state index in [1.165, 1.54) is 4.90 Å². The molecule has 1 aliphatic heterocycles. The Balaban J connectivity index is 2.42. The molecular formula is C13H18N4O. The lowest BCUT2D eigenvalue weighted by Gasteiger charge is -2.26. The lowest BCUT2D eigenvalue weighted by Crippen LogP contribution is -2.44. The third-order valence-corrected chi connectivity index (χ3v) is 3.40. The van der Waals surface area contributed by atoms with Crippen molar-refractivity contribution in [2.75, 3.05) is 7.05 Å². The number of pyridine rings is 1. The molecule has 0 radical (unpaired) electrons. The lowest BCUT2D eigenvalue weighted by atomic mass is 9.86. The Labute approximate surface area is 107 Å². The number of hydrogen-bond acceptors (Lipinski definition) is 3. The fourth-order valence-electron chi connectivity index (χ4n) is 2.29. The second-order valence-electron chi connectivity index (χ2n) is 4.59. The molecule has 2 rings (SSSR count). The van der Waals surface area contributed by atoms with Crippen molar-refractivity contribution in [1.29, 1.82) is 5.41 Å². The Morgan fingerprint density at radius 3 is 2.83 bits per heavy atom. The Hall–Kier alpha value is -1.91. The molecule has 1 aromatic rings. The Kier molecular flexibility index (Phi) is 3.32. The first-order valence-electron chi connectivity index (χ1n) is 6.17. The number of nitrogens with one attached hydrogen (secondary N) is 2. The minimum Gasteiger partial charge on any atom is -0.338 e. The van der Waals surface area contributed by atoms with Gasteiger partial charge in [0.15, 0.2) is 5.96 Å². The van der Waals surface area contributed by atoms with E-state index < -0.39 is 5.54 Å². The fraction of sp³-hybridized carbons (Fsp3) is 0.462. The second kappa shape index (κ2) is 4.76. The number of hydrogen-bond donors (Lipinski definition) is 2. The summed E-state index contributed by atoms with van der Waals surface area (Å²) in [5.41, 5.74) is 0.0216. The molecule has 0 bridgehead atoms. The molecule has 2 N–H and O–H groups in total. The van der Waals surface area contributed by atoms with Crippen LogP contribution >= 0.6 is 0 Å². The minimum atomic E-state index is -0.809. The van der Waals surface area contributed by atoms with Crippen LogP contribution < -0.4 is 5.32 Å². The van der Waals surface area contributed by atoms with Crippen LogP contribution in [-0.2, 0) is 10.3 Å². The van der Waals surface area contributed by atoms with Gasteiger partial charge in [0.1, 0.15) is 5.54 Å². The standard InChI is InChI=1S/C13H18N4O/c1-3-4-7-13(10-6-5-8-15-9-10)11(18)17(2)12(14)16-13/h5-6,8-9H,3-4,7H2,1-2H3,(H2,14,16). The smallest absolute Gasteiger partial charge is 0.259 e. The molecule has 1 aromatic heterocycles. The zero-order chi connectivity index (χ0) is 13.2. The van der Waals surface area contributed by atoms with Crippen molar-refractivity contribution >= 4 is 11.9 Å². The van der Waals surface area contributed by atoms with Crippen LogP contribution in [0.4, 0.5) is 0 Å². The number of rotatable bonds is 4. The molecule has 96 valence electrons. The summed E-state index contributed by atoms with van der Waals surface area (Å²) in [5, 5.41) is 10.8. The summed E-state index contributed by atoms with van der Waals surface area (Å²) in [4.78, 5) is 17.9. The fourth-order valence-corrected chi connectivity index (χ4v) is 2.29. The molecule has 0 aromatic carbocycles. The number of aromatic nitrogens is 1. The van der Waals surface area contributed by atoms with Gasteiger partial charge in [-0.15, -0.1) is 0 Å². The van der Waals surface area contributed by atoms with Gasteiger partial charge in [0.2, 0.25) is 0 Å². The van der Waals surface area contributed by atoms with E-state index >= 15 is 0 Å². The predicted octanol–water partition coefficient (Wildman–Crippen LogP) is 1.46. The topological polar surface area (TPSA) is 69.1 Å². The number of guanidine groups is 1. The highest BCUT2D eigenvalue weighted by molar-refractivity contribution is 6.07. The molecule has 0 aliphatic carbocycles. The monoisotopic (exact) mass is 246 g/mol. The quantitative estimate of drug-likeness (QED) is 0.845. The normalized spacial score (nSPS) is 23.3. The summed E-state index contributed by atoms with van der Waals surface area (Å²) < 4.78 is 0. The third-order valence-electron chi connectivity index (χ3n) is 3.40. The number of carbonyl (C=O) groups excluding carboxylic acids is 1. The average molecular weight is 246 g/mol. The molecular weight excluding hydrogens is 228 g/mol. The van der Waals surface area contributed by atoms with Crippen molar-refractivity contribution in [3.05, 3.63) is 30.1 Å². The highest BCUT2D eigenvalue weighted by Gasteiger charge is 2.48. The van der Waals surface area contributed by atoms with Crippen molar-refractivity contribution in [2.45, 2.75) is 31.7 Å². The first-order valence-corrected chi connectivity index (χ1v) is 6.17. The van der Waals surface area contributed by atoms with Crippen LogP contribution in [0.2, 0.25) is 0 Å². The highest BCUT2D eigenvalue weighted by Crippen LogP contribution is 2.32. The van der Waals surface area contributed by atoms with Crippen LogP contribution in [0.15, 0.2) is 24.5 Å². The van der Waals surface area contributed by atoms with Crippen LogP contribution in [0, 0.1) is 5.41 Å². The Morgan fingerprint density at radius 2 is 2.33 bits per heavy atom. The highest BCUT2D eigenvalue weighted by atomic mass is 16.2.